The van der Waals surface area contributed by atoms with Crippen molar-refractivity contribution >= 4 is 21.5 Å². The zero-order chi connectivity index (χ0) is 14.6. The fourth-order valence-corrected chi connectivity index (χ4v) is 2.55. The van der Waals surface area contributed by atoms with Crippen LogP contribution in [0.2, 0.25) is 0 Å². The van der Waals surface area contributed by atoms with Crippen LogP contribution in [0.4, 0.5) is 0 Å². The fourth-order valence-electron chi connectivity index (χ4n) is 2.32. The Kier molecular flexibility index (Phi) is 9.48. The molecule has 1 rings (SSSR count). The molecular weight excluding hydrogens is 312 g/mol. The molecule has 1 aromatic carbocycles. The highest BCUT2D eigenvalue weighted by molar-refractivity contribution is 9.09. The number of benzene rings is 1. The van der Waals surface area contributed by atoms with E-state index in [1.54, 1.807) is 7.11 Å². The van der Waals surface area contributed by atoms with E-state index in [1.807, 2.05) is 12.1 Å². The van der Waals surface area contributed by atoms with Crippen LogP contribution in [0.5, 0.6) is 5.75 Å². The van der Waals surface area contributed by atoms with Gasteiger partial charge in [-0.2, -0.15) is 0 Å². The zero-order valence-electron chi connectivity index (χ0n) is 12.8. The van der Waals surface area contributed by atoms with Gasteiger partial charge < -0.3 is 4.74 Å². The molecule has 0 aliphatic heterocycles. The van der Waals surface area contributed by atoms with Crippen LogP contribution in [0.25, 0.3) is 5.57 Å². The van der Waals surface area contributed by atoms with Crippen molar-refractivity contribution in [2.45, 2.75) is 51.9 Å². The van der Waals surface area contributed by atoms with E-state index in [9.17, 15) is 0 Å². The van der Waals surface area contributed by atoms with Gasteiger partial charge in [0.1, 0.15) is 5.75 Å². The van der Waals surface area contributed by atoms with Crippen LogP contribution in [0, 0.1) is 0 Å². The second kappa shape index (κ2) is 11.0. The largest absolute Gasteiger partial charge is 0.497 e. The first-order valence-electron chi connectivity index (χ1n) is 7.71. The molecule has 0 amide bonds. The van der Waals surface area contributed by atoms with E-state index in [1.165, 1.54) is 49.7 Å². The van der Waals surface area contributed by atoms with E-state index in [4.69, 9.17) is 4.74 Å². The summed E-state index contributed by atoms with van der Waals surface area (Å²) in [6.07, 6.45) is 11.3. The van der Waals surface area contributed by atoms with Gasteiger partial charge in [0, 0.05) is 5.33 Å². The molecular formula is C18H27BrO. The Bertz CT molecular complexity index is 381. The standard InChI is InChI=1S/C18H27BrO/c1-3-4-5-6-7-9-16(10-8-15-19)17-11-13-18(20-2)14-12-17/h10-14H,3-9,15H2,1-2H3/b16-10-. The molecule has 2 heteroatoms. The zero-order valence-corrected chi connectivity index (χ0v) is 14.4. The molecule has 0 atom stereocenters. The molecule has 1 aromatic rings. The smallest absolute Gasteiger partial charge is 0.118 e. The number of ether oxygens (including phenoxy) is 1. The Morgan fingerprint density at radius 2 is 1.80 bits per heavy atom. The van der Waals surface area contributed by atoms with Crippen LogP contribution in [0.3, 0.4) is 0 Å². The summed E-state index contributed by atoms with van der Waals surface area (Å²) in [5, 5.41) is 1.03. The lowest BCUT2D eigenvalue weighted by molar-refractivity contribution is 0.415. The molecule has 0 heterocycles. The predicted molar refractivity (Wildman–Crippen MR) is 92.8 cm³/mol. The van der Waals surface area contributed by atoms with E-state index in [-0.39, 0.29) is 0 Å². The summed E-state index contributed by atoms with van der Waals surface area (Å²) in [6, 6.07) is 8.44. The van der Waals surface area contributed by atoms with Crippen LogP contribution in [0.1, 0.15) is 57.4 Å². The molecule has 0 aromatic heterocycles. The fraction of sp³-hybridized carbons (Fsp3) is 0.556. The molecule has 0 spiro atoms. The third-order valence-electron chi connectivity index (χ3n) is 3.51. The van der Waals surface area contributed by atoms with Gasteiger partial charge in [0.15, 0.2) is 0 Å². The summed E-state index contributed by atoms with van der Waals surface area (Å²) in [5.41, 5.74) is 2.81. The van der Waals surface area contributed by atoms with Crippen molar-refractivity contribution < 1.29 is 4.74 Å². The Morgan fingerprint density at radius 3 is 2.40 bits per heavy atom. The molecule has 0 aliphatic rings. The van der Waals surface area contributed by atoms with Gasteiger partial charge in [-0.25, -0.2) is 0 Å². The van der Waals surface area contributed by atoms with Crippen molar-refractivity contribution in [3.05, 3.63) is 35.9 Å². The molecule has 112 valence electrons. The van der Waals surface area contributed by atoms with Gasteiger partial charge in [-0.15, -0.1) is 0 Å². The van der Waals surface area contributed by atoms with Gasteiger partial charge in [-0.05, 0) is 42.5 Å². The van der Waals surface area contributed by atoms with E-state index in [0.717, 1.165) is 17.5 Å². The summed E-state index contributed by atoms with van der Waals surface area (Å²) in [7, 11) is 1.71. The highest BCUT2D eigenvalue weighted by Crippen LogP contribution is 2.24. The first-order valence-corrected chi connectivity index (χ1v) is 8.83. The Morgan fingerprint density at radius 1 is 1.10 bits per heavy atom. The molecule has 20 heavy (non-hydrogen) atoms. The lowest BCUT2D eigenvalue weighted by Crippen LogP contribution is -1.89. The normalized spacial score (nSPS) is 11.7. The SMILES string of the molecule is CCCCCCC/C(=C/CCBr)c1ccc(OC)cc1. The molecule has 0 saturated heterocycles. The number of allylic oxidation sites excluding steroid dienone is 2. The van der Waals surface area contributed by atoms with Gasteiger partial charge in [0.25, 0.3) is 0 Å². The van der Waals surface area contributed by atoms with Crippen molar-refractivity contribution in [1.29, 1.82) is 0 Å². The Labute approximate surface area is 132 Å². The minimum atomic E-state index is 0.927. The maximum atomic E-state index is 5.23. The second-order valence-corrected chi connectivity index (χ2v) is 5.89. The topological polar surface area (TPSA) is 9.23 Å². The molecule has 0 saturated carbocycles. The number of methoxy groups -OCH3 is 1. The molecule has 0 radical (unpaired) electrons. The van der Waals surface area contributed by atoms with Crippen molar-refractivity contribution in [2.75, 3.05) is 12.4 Å². The maximum absolute atomic E-state index is 5.23. The molecule has 0 bridgehead atoms. The highest BCUT2D eigenvalue weighted by Gasteiger charge is 2.02. The van der Waals surface area contributed by atoms with Gasteiger partial charge in [-0.1, -0.05) is 66.7 Å². The number of halogens is 1. The van der Waals surface area contributed by atoms with Gasteiger partial charge >= 0.3 is 0 Å². The van der Waals surface area contributed by atoms with Crippen LogP contribution in [0.15, 0.2) is 30.3 Å². The van der Waals surface area contributed by atoms with E-state index < -0.39 is 0 Å². The lowest BCUT2D eigenvalue weighted by Gasteiger charge is -2.09. The minimum absolute atomic E-state index is 0.927. The van der Waals surface area contributed by atoms with Gasteiger partial charge in [0.2, 0.25) is 0 Å². The van der Waals surface area contributed by atoms with Gasteiger partial charge in [0.05, 0.1) is 7.11 Å². The van der Waals surface area contributed by atoms with Crippen LogP contribution in [-0.2, 0) is 0 Å². The molecule has 0 fully saturated rings. The summed E-state index contributed by atoms with van der Waals surface area (Å²) in [6.45, 7) is 2.26. The first-order chi connectivity index (χ1) is 9.81. The number of alkyl halides is 1. The Hall–Kier alpha value is -0.760. The third kappa shape index (κ3) is 6.60. The number of unbranched alkanes of at least 4 members (excludes halogenated alkanes) is 4. The molecule has 0 N–H and O–H groups in total. The van der Waals surface area contributed by atoms with Gasteiger partial charge in [-0.3, -0.25) is 0 Å². The second-order valence-electron chi connectivity index (χ2n) is 5.10. The van der Waals surface area contributed by atoms with Crippen molar-refractivity contribution in [1.82, 2.24) is 0 Å². The maximum Gasteiger partial charge on any atom is 0.118 e. The van der Waals surface area contributed by atoms with Crippen molar-refractivity contribution in [3.63, 3.8) is 0 Å². The predicted octanol–water partition coefficient (Wildman–Crippen LogP) is 6.22. The Balaban J connectivity index is 2.58. The summed E-state index contributed by atoms with van der Waals surface area (Å²) >= 11 is 3.51. The molecule has 1 nitrogen and oxygen atoms in total. The quantitative estimate of drug-likeness (QED) is 0.363. The number of hydrogen-bond donors (Lipinski definition) is 0. The lowest BCUT2D eigenvalue weighted by atomic mass is 9.98. The van der Waals surface area contributed by atoms with Crippen LogP contribution in [-0.4, -0.2) is 12.4 Å². The van der Waals surface area contributed by atoms with E-state index in [2.05, 4.69) is 41.1 Å². The number of rotatable bonds is 10. The first kappa shape index (κ1) is 17.3. The average molecular weight is 339 g/mol. The summed E-state index contributed by atoms with van der Waals surface area (Å²) in [5.74, 6) is 0.927. The van der Waals surface area contributed by atoms with Crippen LogP contribution >= 0.6 is 15.9 Å². The monoisotopic (exact) mass is 338 g/mol. The average Bonchev–Trinajstić information content (AvgIpc) is 2.50. The highest BCUT2D eigenvalue weighted by atomic mass is 79.9. The minimum Gasteiger partial charge on any atom is -0.497 e. The summed E-state index contributed by atoms with van der Waals surface area (Å²) in [4.78, 5) is 0. The molecule has 0 unspecified atom stereocenters. The third-order valence-corrected chi connectivity index (χ3v) is 3.97. The van der Waals surface area contributed by atoms with Crippen molar-refractivity contribution in [2.24, 2.45) is 0 Å². The van der Waals surface area contributed by atoms with Crippen LogP contribution < -0.4 is 4.74 Å². The number of hydrogen-bond acceptors (Lipinski definition) is 1. The van der Waals surface area contributed by atoms with E-state index >= 15 is 0 Å². The molecule has 0 aliphatic carbocycles. The summed E-state index contributed by atoms with van der Waals surface area (Å²) < 4.78 is 5.23. The van der Waals surface area contributed by atoms with Crippen molar-refractivity contribution in [3.8, 4) is 5.75 Å². The van der Waals surface area contributed by atoms with E-state index in [0.29, 0.717) is 0 Å².